The van der Waals surface area contributed by atoms with Gasteiger partial charge in [-0.05, 0) is 13.5 Å². The fourth-order valence-electron chi connectivity index (χ4n) is 1.66. The van der Waals surface area contributed by atoms with Gasteiger partial charge in [0.1, 0.15) is 9.84 Å². The van der Waals surface area contributed by atoms with E-state index in [0.29, 0.717) is 24.3 Å². The molecule has 0 unspecified atom stereocenters. The van der Waals surface area contributed by atoms with Gasteiger partial charge < -0.3 is 5.32 Å². The largest absolute Gasteiger partial charge is 0.313 e. The highest BCUT2D eigenvalue weighted by Gasteiger charge is 2.28. The highest BCUT2D eigenvalue weighted by molar-refractivity contribution is 7.91. The second-order valence-corrected chi connectivity index (χ2v) is 9.09. The van der Waals surface area contributed by atoms with E-state index in [1.165, 1.54) is 7.05 Å². The number of hydrogen-bond acceptors (Lipinski definition) is 6. The molecule has 21 heavy (non-hydrogen) atoms. The lowest BCUT2D eigenvalue weighted by Crippen LogP contribution is -2.32. The van der Waals surface area contributed by atoms with E-state index in [9.17, 15) is 16.8 Å². The molecule has 0 aliphatic heterocycles. The van der Waals surface area contributed by atoms with Crippen LogP contribution in [0.1, 0.15) is 18.2 Å². The van der Waals surface area contributed by atoms with Crippen LogP contribution < -0.4 is 5.32 Å². The number of sulfonamides is 1. The molecular weight excluding hydrogens is 316 g/mol. The summed E-state index contributed by atoms with van der Waals surface area (Å²) in [5, 5.41) is 9.53. The van der Waals surface area contributed by atoms with E-state index in [1.54, 1.807) is 6.92 Å². The van der Waals surface area contributed by atoms with E-state index in [2.05, 4.69) is 15.5 Å². The Balaban J connectivity index is 3.02. The predicted molar refractivity (Wildman–Crippen MR) is 80.2 cm³/mol. The molecule has 1 aromatic heterocycles. The normalized spacial score (nSPS) is 13.0. The fraction of sp³-hybridized carbons (Fsp3) is 0.727. The summed E-state index contributed by atoms with van der Waals surface area (Å²) < 4.78 is 48.3. The molecule has 1 rings (SSSR count). The average Bonchev–Trinajstić information content (AvgIpc) is 2.74. The molecule has 0 radical (unpaired) electrons. The lowest BCUT2D eigenvalue weighted by Gasteiger charge is -2.16. The first-order valence-corrected chi connectivity index (χ1v) is 9.98. The summed E-state index contributed by atoms with van der Waals surface area (Å²) in [6.07, 6.45) is 1.07. The van der Waals surface area contributed by atoms with Gasteiger partial charge in [-0.15, -0.1) is 0 Å². The third-order valence-electron chi connectivity index (χ3n) is 3.02. The fourth-order valence-corrected chi connectivity index (χ4v) is 3.71. The molecular formula is C11H22N4O4S2. The number of nitrogens with zero attached hydrogens (tertiary/aromatic N) is 2. The SMILES string of the molecule is CCNCc1c(S(=O)(=O)N(C)CCS(C)(=O)=O)n[nH]c1C. The van der Waals surface area contributed by atoms with Gasteiger partial charge in [0, 0.05) is 37.7 Å². The van der Waals surface area contributed by atoms with Crippen LogP contribution in [-0.4, -0.2) is 63.5 Å². The Kier molecular flexibility index (Phi) is 5.91. The summed E-state index contributed by atoms with van der Waals surface area (Å²) in [6, 6.07) is 0. The van der Waals surface area contributed by atoms with E-state index in [4.69, 9.17) is 0 Å². The van der Waals surface area contributed by atoms with E-state index < -0.39 is 19.9 Å². The Morgan fingerprint density at radius 3 is 2.43 bits per heavy atom. The Hall–Kier alpha value is -0.970. The molecule has 2 N–H and O–H groups in total. The summed E-state index contributed by atoms with van der Waals surface area (Å²) in [5.74, 6) is -0.228. The van der Waals surface area contributed by atoms with Crippen LogP contribution in [0.25, 0.3) is 0 Å². The maximum absolute atomic E-state index is 12.5. The van der Waals surface area contributed by atoms with Gasteiger partial charge in [-0.25, -0.2) is 16.8 Å². The zero-order valence-electron chi connectivity index (χ0n) is 12.7. The third kappa shape index (κ3) is 4.77. The second kappa shape index (κ2) is 6.86. The number of nitrogens with one attached hydrogen (secondary N) is 2. The van der Waals surface area contributed by atoms with Gasteiger partial charge in [0.2, 0.25) is 0 Å². The first-order valence-electron chi connectivity index (χ1n) is 6.48. The van der Waals surface area contributed by atoms with Crippen molar-refractivity contribution in [2.75, 3.05) is 32.1 Å². The number of sulfone groups is 1. The standard InChI is InChI=1S/C11H22N4O4S2/c1-5-12-8-10-9(2)13-14-11(10)21(18,19)15(3)6-7-20(4,16)17/h12H,5-8H2,1-4H3,(H,13,14). The van der Waals surface area contributed by atoms with E-state index in [1.807, 2.05) is 6.92 Å². The molecule has 0 saturated carbocycles. The number of aryl methyl sites for hydroxylation is 1. The number of aromatic amines is 1. The molecule has 0 aromatic carbocycles. The van der Waals surface area contributed by atoms with Gasteiger partial charge in [-0.2, -0.15) is 9.40 Å². The molecule has 0 atom stereocenters. The molecule has 10 heteroatoms. The van der Waals surface area contributed by atoms with Crippen molar-refractivity contribution in [3.8, 4) is 0 Å². The monoisotopic (exact) mass is 338 g/mol. The lowest BCUT2D eigenvalue weighted by molar-refractivity contribution is 0.480. The Morgan fingerprint density at radius 1 is 1.29 bits per heavy atom. The molecule has 0 fully saturated rings. The Labute approximate surface area is 125 Å². The van der Waals surface area contributed by atoms with Crippen molar-refractivity contribution in [1.82, 2.24) is 19.8 Å². The van der Waals surface area contributed by atoms with Crippen LogP contribution in [0.4, 0.5) is 0 Å². The van der Waals surface area contributed by atoms with E-state index in [-0.39, 0.29) is 17.3 Å². The van der Waals surface area contributed by atoms with Crippen molar-refractivity contribution >= 4 is 19.9 Å². The van der Waals surface area contributed by atoms with Crippen LogP contribution in [0.2, 0.25) is 0 Å². The average molecular weight is 338 g/mol. The van der Waals surface area contributed by atoms with Crippen LogP contribution in [-0.2, 0) is 26.4 Å². The van der Waals surface area contributed by atoms with Crippen molar-refractivity contribution in [2.24, 2.45) is 0 Å². The predicted octanol–water partition coefficient (Wildman–Crippen LogP) is -0.507. The van der Waals surface area contributed by atoms with Crippen LogP contribution in [0, 0.1) is 6.92 Å². The van der Waals surface area contributed by atoms with Gasteiger partial charge in [-0.1, -0.05) is 6.92 Å². The maximum atomic E-state index is 12.5. The molecule has 0 bridgehead atoms. The molecule has 0 aliphatic rings. The number of rotatable bonds is 8. The molecule has 1 aromatic rings. The molecule has 0 amide bonds. The minimum absolute atomic E-state index is 0.0584. The van der Waals surface area contributed by atoms with E-state index in [0.717, 1.165) is 10.6 Å². The summed E-state index contributed by atoms with van der Waals surface area (Å²) >= 11 is 0. The number of hydrogen-bond donors (Lipinski definition) is 2. The summed E-state index contributed by atoms with van der Waals surface area (Å²) in [7, 11) is -5.69. The van der Waals surface area contributed by atoms with Crippen LogP contribution in [0.5, 0.6) is 0 Å². The quantitative estimate of drug-likeness (QED) is 0.660. The second-order valence-electron chi connectivity index (χ2n) is 4.87. The Bertz CT molecular complexity index is 679. The topological polar surface area (TPSA) is 112 Å². The van der Waals surface area contributed by atoms with Crippen LogP contribution in [0.3, 0.4) is 0 Å². The van der Waals surface area contributed by atoms with Crippen molar-refractivity contribution in [2.45, 2.75) is 25.4 Å². The minimum Gasteiger partial charge on any atom is -0.313 e. The van der Waals surface area contributed by atoms with Crippen molar-refractivity contribution in [3.05, 3.63) is 11.3 Å². The first-order chi connectivity index (χ1) is 9.59. The van der Waals surface area contributed by atoms with Crippen LogP contribution >= 0.6 is 0 Å². The number of H-pyrrole nitrogens is 1. The molecule has 8 nitrogen and oxygen atoms in total. The minimum atomic E-state index is -3.82. The lowest BCUT2D eigenvalue weighted by atomic mass is 10.2. The van der Waals surface area contributed by atoms with Gasteiger partial charge in [0.25, 0.3) is 10.0 Å². The van der Waals surface area contributed by atoms with Gasteiger partial charge in [0.05, 0.1) is 5.75 Å². The van der Waals surface area contributed by atoms with Gasteiger partial charge >= 0.3 is 0 Å². The third-order valence-corrected chi connectivity index (χ3v) is 5.77. The molecule has 122 valence electrons. The molecule has 0 spiro atoms. The zero-order chi connectivity index (χ0) is 16.3. The summed E-state index contributed by atoms with van der Waals surface area (Å²) in [5.41, 5.74) is 1.24. The highest BCUT2D eigenvalue weighted by atomic mass is 32.2. The van der Waals surface area contributed by atoms with E-state index >= 15 is 0 Å². The maximum Gasteiger partial charge on any atom is 0.262 e. The van der Waals surface area contributed by atoms with Crippen molar-refractivity contribution in [3.63, 3.8) is 0 Å². The smallest absolute Gasteiger partial charge is 0.262 e. The molecule has 0 saturated heterocycles. The Morgan fingerprint density at radius 2 is 1.90 bits per heavy atom. The summed E-state index contributed by atoms with van der Waals surface area (Å²) in [6.45, 7) is 4.64. The van der Waals surface area contributed by atoms with Gasteiger partial charge in [0.15, 0.2) is 5.03 Å². The molecule has 1 heterocycles. The first kappa shape index (κ1) is 18.1. The molecule has 0 aliphatic carbocycles. The highest BCUT2D eigenvalue weighted by Crippen LogP contribution is 2.19. The summed E-state index contributed by atoms with van der Waals surface area (Å²) in [4.78, 5) is 0. The van der Waals surface area contributed by atoms with Crippen molar-refractivity contribution < 1.29 is 16.8 Å². The van der Waals surface area contributed by atoms with Gasteiger partial charge in [-0.3, -0.25) is 5.10 Å². The number of aromatic nitrogens is 2. The van der Waals surface area contributed by atoms with Crippen LogP contribution in [0.15, 0.2) is 5.03 Å². The zero-order valence-corrected chi connectivity index (χ0v) is 14.3. The van der Waals surface area contributed by atoms with Crippen molar-refractivity contribution in [1.29, 1.82) is 0 Å².